The van der Waals surface area contributed by atoms with Gasteiger partial charge in [0.15, 0.2) is 5.82 Å². The normalized spacial score (nSPS) is 17.3. The number of amides is 2. The molecule has 1 aliphatic heterocycles. The first-order chi connectivity index (χ1) is 21.9. The summed E-state index contributed by atoms with van der Waals surface area (Å²) in [6, 6.07) is 7.24. The Morgan fingerprint density at radius 3 is 2.33 bits per heavy atom. The number of unbranched alkanes of at least 4 members (excludes halogenated alkanes) is 4. The Labute approximate surface area is 283 Å². The number of rotatable bonds is 14. The standard InChI is InChI=1S/C35H47ClN6O2SSi/c1-21-23(3)45-35-31(21)32(25-14-16-26(36)17-15-25)39-28(34-41-40-24(4)42(34)35)19-30(44)37-18-12-10-8-9-11-13-29(43)38-20-27-22(2)33(27)46(5,6)7/h14-17,27-28H,8-13,18-20H2,1-7H3,(H,37,44)(H,38,43)/t27?,28-/m0/s1. The van der Waals surface area contributed by atoms with Gasteiger partial charge in [0.2, 0.25) is 11.8 Å². The van der Waals surface area contributed by atoms with Crippen molar-refractivity contribution in [1.29, 1.82) is 0 Å². The molecule has 3 heterocycles. The molecule has 0 radical (unpaired) electrons. The highest BCUT2D eigenvalue weighted by Gasteiger charge is 2.41. The molecule has 2 amide bonds. The van der Waals surface area contributed by atoms with Gasteiger partial charge in [-0.15, -0.1) is 21.5 Å². The molecule has 2 N–H and O–H groups in total. The van der Waals surface area contributed by atoms with Gasteiger partial charge in [-0.2, -0.15) is 0 Å². The average molecular weight is 679 g/mol. The van der Waals surface area contributed by atoms with Gasteiger partial charge in [0.1, 0.15) is 16.9 Å². The number of hydrogen-bond donors (Lipinski definition) is 2. The van der Waals surface area contributed by atoms with Crippen LogP contribution in [-0.4, -0.2) is 53.5 Å². The zero-order chi connectivity index (χ0) is 33.2. The van der Waals surface area contributed by atoms with Crippen LogP contribution < -0.4 is 10.6 Å². The summed E-state index contributed by atoms with van der Waals surface area (Å²) in [4.78, 5) is 31.9. The maximum Gasteiger partial charge on any atom is 0.222 e. The summed E-state index contributed by atoms with van der Waals surface area (Å²) in [6.07, 6.45) is 5.65. The lowest BCUT2D eigenvalue weighted by molar-refractivity contribution is -0.122. The zero-order valence-corrected chi connectivity index (χ0v) is 30.8. The third-order valence-corrected chi connectivity index (χ3v) is 13.0. The van der Waals surface area contributed by atoms with Crippen molar-refractivity contribution in [2.24, 2.45) is 10.9 Å². The predicted octanol–water partition coefficient (Wildman–Crippen LogP) is 7.59. The second-order valence-corrected chi connectivity index (χ2v) is 20.4. The number of nitrogens with zero attached hydrogens (tertiary/aromatic N) is 4. The van der Waals surface area contributed by atoms with Crippen LogP contribution in [0.25, 0.3) is 5.00 Å². The highest BCUT2D eigenvalue weighted by atomic mass is 35.5. The lowest BCUT2D eigenvalue weighted by Gasteiger charge is -2.14. The number of carbonyl (C=O) groups is 2. The molecule has 1 unspecified atom stereocenters. The molecule has 2 aromatic heterocycles. The molecule has 2 atom stereocenters. The van der Waals surface area contributed by atoms with E-state index in [-0.39, 0.29) is 18.2 Å². The maximum absolute atomic E-state index is 13.2. The number of aryl methyl sites for hydroxylation is 2. The highest BCUT2D eigenvalue weighted by Crippen LogP contribution is 2.44. The summed E-state index contributed by atoms with van der Waals surface area (Å²) in [7, 11) is -1.25. The minimum atomic E-state index is -1.25. The number of benzene rings is 1. The van der Waals surface area contributed by atoms with E-state index >= 15 is 0 Å². The summed E-state index contributed by atoms with van der Waals surface area (Å²) in [5.41, 5.74) is 5.52. The molecule has 46 heavy (non-hydrogen) atoms. The molecule has 3 aromatic rings. The van der Waals surface area contributed by atoms with Gasteiger partial charge >= 0.3 is 0 Å². The molecule has 11 heteroatoms. The van der Waals surface area contributed by atoms with Crippen LogP contribution in [0.15, 0.2) is 40.0 Å². The van der Waals surface area contributed by atoms with Crippen molar-refractivity contribution < 1.29 is 9.59 Å². The van der Waals surface area contributed by atoms with Crippen LogP contribution in [0.4, 0.5) is 0 Å². The third kappa shape index (κ3) is 7.72. The number of halogens is 1. The molecule has 0 saturated carbocycles. The van der Waals surface area contributed by atoms with Gasteiger partial charge in [0.25, 0.3) is 0 Å². The predicted molar refractivity (Wildman–Crippen MR) is 191 cm³/mol. The molecule has 1 aliphatic carbocycles. The topological polar surface area (TPSA) is 101 Å². The van der Waals surface area contributed by atoms with E-state index < -0.39 is 14.1 Å². The summed E-state index contributed by atoms with van der Waals surface area (Å²) < 4.78 is 2.07. The van der Waals surface area contributed by atoms with Crippen LogP contribution in [0.1, 0.15) is 91.1 Å². The van der Waals surface area contributed by atoms with E-state index in [2.05, 4.69) is 65.8 Å². The van der Waals surface area contributed by atoms with Gasteiger partial charge in [-0.05, 0) is 58.2 Å². The molecular weight excluding hydrogens is 632 g/mol. The number of fused-ring (bicyclic) bond motifs is 3. The SMILES string of the molecule is CC1=C([Si](C)(C)C)C1CNC(=O)CCCCCCCNC(=O)C[C@@H]1N=C(c2ccc(Cl)cc2)c2c(sc(C)c2C)-n2c(C)nnc21. The first-order valence-corrected chi connectivity index (χ1v) is 21.2. The molecule has 0 bridgehead atoms. The Balaban J connectivity index is 1.09. The molecule has 0 fully saturated rings. The fraction of sp³-hybridized carbons (Fsp3) is 0.514. The van der Waals surface area contributed by atoms with Crippen molar-refractivity contribution in [2.45, 2.75) is 98.3 Å². The molecule has 0 saturated heterocycles. The molecule has 8 nitrogen and oxygen atoms in total. The van der Waals surface area contributed by atoms with Crippen LogP contribution in [0, 0.1) is 26.7 Å². The van der Waals surface area contributed by atoms with E-state index in [4.69, 9.17) is 16.6 Å². The average Bonchev–Trinajstić information content (AvgIpc) is 3.43. The van der Waals surface area contributed by atoms with E-state index in [0.717, 1.165) is 66.3 Å². The van der Waals surface area contributed by atoms with Crippen LogP contribution in [-0.2, 0) is 9.59 Å². The molecule has 246 valence electrons. The Morgan fingerprint density at radius 1 is 0.935 bits per heavy atom. The molecule has 1 aromatic carbocycles. The fourth-order valence-electron chi connectivity index (χ4n) is 6.62. The smallest absolute Gasteiger partial charge is 0.222 e. The minimum Gasteiger partial charge on any atom is -0.356 e. The van der Waals surface area contributed by atoms with Crippen molar-refractivity contribution in [3.05, 3.63) is 73.3 Å². The highest BCUT2D eigenvalue weighted by molar-refractivity contribution is 7.15. The van der Waals surface area contributed by atoms with Crippen LogP contribution in [0.2, 0.25) is 24.7 Å². The number of hydrogen-bond acceptors (Lipinski definition) is 6. The van der Waals surface area contributed by atoms with E-state index in [0.29, 0.717) is 29.7 Å². The molecular formula is C35H47ClN6O2SSi. The van der Waals surface area contributed by atoms with Crippen molar-refractivity contribution in [3.63, 3.8) is 0 Å². The van der Waals surface area contributed by atoms with Crippen molar-refractivity contribution in [2.75, 3.05) is 13.1 Å². The lowest BCUT2D eigenvalue weighted by Crippen LogP contribution is -2.29. The van der Waals surface area contributed by atoms with Gasteiger partial charge in [-0.25, -0.2) is 0 Å². The van der Waals surface area contributed by atoms with Crippen molar-refractivity contribution in [3.8, 4) is 5.00 Å². The van der Waals surface area contributed by atoms with Gasteiger partial charge in [-0.3, -0.25) is 19.1 Å². The van der Waals surface area contributed by atoms with Gasteiger partial charge in [-0.1, -0.05) is 73.4 Å². The first kappa shape index (κ1) is 34.3. The summed E-state index contributed by atoms with van der Waals surface area (Å²) >= 11 is 7.91. The van der Waals surface area contributed by atoms with Gasteiger partial charge in [0, 0.05) is 46.5 Å². The van der Waals surface area contributed by atoms with Gasteiger partial charge in [0.05, 0.1) is 20.2 Å². The largest absolute Gasteiger partial charge is 0.356 e. The van der Waals surface area contributed by atoms with Gasteiger partial charge < -0.3 is 10.6 Å². The monoisotopic (exact) mass is 678 g/mol. The Morgan fingerprint density at radius 2 is 1.63 bits per heavy atom. The second kappa shape index (κ2) is 14.4. The fourth-order valence-corrected chi connectivity index (χ4v) is 10.6. The van der Waals surface area contributed by atoms with Crippen LogP contribution in [0.5, 0.6) is 0 Å². The molecule has 2 aliphatic rings. The Hall–Kier alpha value is -3.08. The second-order valence-electron chi connectivity index (χ2n) is 13.7. The zero-order valence-electron chi connectivity index (χ0n) is 28.2. The lowest BCUT2D eigenvalue weighted by atomic mass is 9.99. The van der Waals surface area contributed by atoms with Crippen molar-refractivity contribution in [1.82, 2.24) is 25.4 Å². The number of carbonyl (C=O) groups excluding carboxylic acids is 2. The quantitative estimate of drug-likeness (QED) is 0.136. The Kier molecular flexibility index (Phi) is 10.7. The van der Waals surface area contributed by atoms with E-state index in [1.165, 1.54) is 16.0 Å². The number of nitrogens with one attached hydrogen (secondary N) is 2. The number of aromatic nitrogens is 3. The number of thiophene rings is 1. The number of aliphatic imine (C=N–C) groups is 1. The summed E-state index contributed by atoms with van der Waals surface area (Å²) in [5, 5.41) is 18.4. The van der Waals surface area contributed by atoms with Crippen molar-refractivity contribution >= 4 is 48.5 Å². The maximum atomic E-state index is 13.2. The van der Waals surface area contributed by atoms with Crippen LogP contribution >= 0.6 is 22.9 Å². The molecule has 5 rings (SSSR count). The summed E-state index contributed by atoms with van der Waals surface area (Å²) in [5.74, 6) is 2.08. The van der Waals surface area contributed by atoms with E-state index in [1.807, 2.05) is 31.2 Å². The molecule has 0 spiro atoms. The van der Waals surface area contributed by atoms with Crippen LogP contribution in [0.3, 0.4) is 0 Å². The Bertz CT molecular complexity index is 1670. The van der Waals surface area contributed by atoms with E-state index in [9.17, 15) is 9.59 Å². The first-order valence-electron chi connectivity index (χ1n) is 16.5. The van der Waals surface area contributed by atoms with E-state index in [1.54, 1.807) is 16.5 Å². The minimum absolute atomic E-state index is 0.0519. The summed E-state index contributed by atoms with van der Waals surface area (Å²) in [6.45, 7) is 16.9. The third-order valence-electron chi connectivity index (χ3n) is 9.16.